The highest BCUT2D eigenvalue weighted by Gasteiger charge is 2.44. The summed E-state index contributed by atoms with van der Waals surface area (Å²) in [5.41, 5.74) is 2.10. The van der Waals surface area contributed by atoms with Crippen molar-refractivity contribution in [3.63, 3.8) is 0 Å². The Morgan fingerprint density at radius 2 is 1.97 bits per heavy atom. The van der Waals surface area contributed by atoms with Crippen LogP contribution in [0.25, 0.3) is 0 Å². The lowest BCUT2D eigenvalue weighted by Gasteiger charge is -2.33. The van der Waals surface area contributed by atoms with E-state index in [0.717, 1.165) is 23.4 Å². The second-order valence-corrected chi connectivity index (χ2v) is 10.7. The summed E-state index contributed by atoms with van der Waals surface area (Å²) in [6.45, 7) is 10.9. The van der Waals surface area contributed by atoms with Crippen LogP contribution in [0.4, 0.5) is 16.2 Å². The van der Waals surface area contributed by atoms with E-state index in [9.17, 15) is 9.59 Å². The molecule has 2 amide bonds. The zero-order valence-electron chi connectivity index (χ0n) is 20.1. The van der Waals surface area contributed by atoms with Gasteiger partial charge in [0.25, 0.3) is 5.91 Å². The van der Waals surface area contributed by atoms with Crippen molar-refractivity contribution in [3.8, 4) is 0 Å². The van der Waals surface area contributed by atoms with Gasteiger partial charge >= 0.3 is 6.09 Å². The molecule has 2 aromatic rings. The lowest BCUT2D eigenvalue weighted by molar-refractivity contribution is 0.0292. The van der Waals surface area contributed by atoms with Gasteiger partial charge in [0.1, 0.15) is 5.60 Å². The first kappa shape index (κ1) is 23.4. The van der Waals surface area contributed by atoms with Gasteiger partial charge in [0.2, 0.25) is 0 Å². The molecule has 0 saturated carbocycles. The van der Waals surface area contributed by atoms with Crippen LogP contribution in [0, 0.1) is 0 Å². The van der Waals surface area contributed by atoms with E-state index in [-0.39, 0.29) is 18.0 Å². The van der Waals surface area contributed by atoms with E-state index >= 15 is 0 Å². The number of carbonyl (C=O) groups excluding carboxylic acids is 2. The molecular weight excluding hydrogens is 440 g/mol. The van der Waals surface area contributed by atoms with Crippen molar-refractivity contribution in [1.82, 2.24) is 9.88 Å². The molecule has 1 atom stereocenters. The summed E-state index contributed by atoms with van der Waals surface area (Å²) < 4.78 is 5.52. The minimum absolute atomic E-state index is 0.0646. The molecule has 1 fully saturated rings. The predicted molar refractivity (Wildman–Crippen MR) is 130 cm³/mol. The molecule has 1 unspecified atom stereocenters. The van der Waals surface area contributed by atoms with Gasteiger partial charge in [-0.25, -0.2) is 4.79 Å². The molecular formula is C25H31ClN4O3. The average molecular weight is 471 g/mol. The number of aromatic nitrogens is 1. The van der Waals surface area contributed by atoms with Gasteiger partial charge in [-0.2, -0.15) is 0 Å². The summed E-state index contributed by atoms with van der Waals surface area (Å²) in [5.74, 6) is -0.0646. The lowest BCUT2D eigenvalue weighted by atomic mass is 9.93. The molecule has 8 heteroatoms. The third kappa shape index (κ3) is 4.38. The zero-order chi connectivity index (χ0) is 24.1. The van der Waals surface area contributed by atoms with Crippen molar-refractivity contribution >= 4 is 35.0 Å². The second kappa shape index (κ2) is 8.20. The van der Waals surface area contributed by atoms with Crippen LogP contribution in [0.5, 0.6) is 0 Å². The summed E-state index contributed by atoms with van der Waals surface area (Å²) >= 11 is 6.22. The Bertz CT molecular complexity index is 1100. The first-order valence-electron chi connectivity index (χ1n) is 11.2. The number of ether oxygens (including phenoxy) is 1. The predicted octanol–water partition coefficient (Wildman–Crippen LogP) is 5.08. The fraction of sp³-hybridized carbons (Fsp3) is 0.480. The average Bonchev–Trinajstić information content (AvgIpc) is 3.29. The van der Waals surface area contributed by atoms with Crippen LogP contribution in [0.3, 0.4) is 0 Å². The van der Waals surface area contributed by atoms with Crippen LogP contribution in [0.1, 0.15) is 57.0 Å². The minimum atomic E-state index is -0.558. The molecule has 7 nitrogen and oxygen atoms in total. The third-order valence-corrected chi connectivity index (χ3v) is 6.61. The Hall–Kier alpha value is -2.80. The molecule has 2 aliphatic heterocycles. The van der Waals surface area contributed by atoms with Gasteiger partial charge in [0.15, 0.2) is 0 Å². The Labute approximate surface area is 200 Å². The van der Waals surface area contributed by atoms with Crippen molar-refractivity contribution in [2.24, 2.45) is 0 Å². The third-order valence-electron chi connectivity index (χ3n) is 6.37. The van der Waals surface area contributed by atoms with E-state index in [2.05, 4.69) is 9.88 Å². The molecule has 1 aromatic carbocycles. The Morgan fingerprint density at radius 1 is 1.24 bits per heavy atom. The summed E-state index contributed by atoms with van der Waals surface area (Å²) in [4.78, 5) is 35.8. The maximum absolute atomic E-state index is 13.3. The van der Waals surface area contributed by atoms with E-state index in [4.69, 9.17) is 16.3 Å². The van der Waals surface area contributed by atoms with E-state index in [1.807, 2.05) is 53.8 Å². The van der Waals surface area contributed by atoms with E-state index < -0.39 is 11.1 Å². The number of carbonyl (C=O) groups is 2. The fourth-order valence-corrected chi connectivity index (χ4v) is 4.81. The normalized spacial score (nSPS) is 19.6. The fourth-order valence-electron chi connectivity index (χ4n) is 4.64. The summed E-state index contributed by atoms with van der Waals surface area (Å²) in [6.07, 6.45) is 4.05. The van der Waals surface area contributed by atoms with Crippen molar-refractivity contribution in [2.45, 2.75) is 58.2 Å². The second-order valence-electron chi connectivity index (χ2n) is 10.3. The molecule has 1 aromatic heterocycles. The van der Waals surface area contributed by atoms with Gasteiger partial charge < -0.3 is 14.5 Å². The van der Waals surface area contributed by atoms with Crippen molar-refractivity contribution in [1.29, 1.82) is 0 Å². The number of pyridine rings is 1. The molecule has 176 valence electrons. The van der Waals surface area contributed by atoms with Crippen LogP contribution >= 0.6 is 11.6 Å². The number of nitrogens with zero attached hydrogens (tertiary/aromatic N) is 4. The first-order chi connectivity index (χ1) is 15.4. The first-order valence-corrected chi connectivity index (χ1v) is 11.6. The molecule has 0 bridgehead atoms. The number of rotatable bonds is 3. The van der Waals surface area contributed by atoms with E-state index in [1.54, 1.807) is 34.3 Å². The van der Waals surface area contributed by atoms with Gasteiger partial charge in [-0.1, -0.05) is 11.6 Å². The van der Waals surface area contributed by atoms with Crippen molar-refractivity contribution in [2.75, 3.05) is 29.9 Å². The Kier molecular flexibility index (Phi) is 5.81. The van der Waals surface area contributed by atoms with Crippen LogP contribution < -0.4 is 9.80 Å². The summed E-state index contributed by atoms with van der Waals surface area (Å²) in [5, 5.41) is 0.610. The molecule has 1 saturated heterocycles. The number of hydrogen-bond acceptors (Lipinski definition) is 5. The smallest absolute Gasteiger partial charge is 0.410 e. The van der Waals surface area contributed by atoms with Crippen molar-refractivity contribution in [3.05, 3.63) is 52.8 Å². The SMILES string of the molecule is CN(c1cncc(N2C(=O)c3ccc(Cl)cc3C2(C)C)c1)C1CCN(C(=O)OC(C)(C)C)C1. The quantitative estimate of drug-likeness (QED) is 0.626. The molecule has 33 heavy (non-hydrogen) atoms. The Balaban J connectivity index is 1.54. The highest BCUT2D eigenvalue weighted by molar-refractivity contribution is 6.31. The number of likely N-dealkylation sites (N-methyl/N-ethyl adjacent to an activating group) is 1. The highest BCUT2D eigenvalue weighted by atomic mass is 35.5. The molecule has 4 rings (SSSR count). The van der Waals surface area contributed by atoms with E-state index in [1.165, 1.54) is 0 Å². The van der Waals surface area contributed by atoms with Gasteiger partial charge in [-0.3, -0.25) is 14.7 Å². The molecule has 0 radical (unpaired) electrons. The van der Waals surface area contributed by atoms with Crippen LogP contribution in [0.15, 0.2) is 36.7 Å². The number of anilines is 2. The number of likely N-dealkylation sites (tertiary alicyclic amines) is 1. The van der Waals surface area contributed by atoms with E-state index in [0.29, 0.717) is 23.7 Å². The number of halogens is 1. The lowest BCUT2D eigenvalue weighted by Crippen LogP contribution is -2.40. The maximum atomic E-state index is 13.3. The molecule has 0 N–H and O–H groups in total. The number of benzene rings is 1. The van der Waals surface area contributed by atoms with Gasteiger partial charge in [0.05, 0.1) is 29.3 Å². The van der Waals surface area contributed by atoms with Gasteiger partial charge in [0, 0.05) is 36.8 Å². The van der Waals surface area contributed by atoms with Gasteiger partial charge in [-0.05, 0) is 70.9 Å². The van der Waals surface area contributed by atoms with Crippen molar-refractivity contribution < 1.29 is 14.3 Å². The zero-order valence-corrected chi connectivity index (χ0v) is 20.8. The standard InChI is InChI=1S/C25H31ClN4O3/c1-24(2,3)33-23(32)29-10-9-17(15-29)28(6)18-12-19(14-27-13-18)30-22(31)20-8-7-16(26)11-21(20)25(30,4)5/h7-8,11-14,17H,9-10,15H2,1-6H3. The maximum Gasteiger partial charge on any atom is 0.410 e. The van der Waals surface area contributed by atoms with Crippen LogP contribution in [-0.4, -0.2) is 53.7 Å². The molecule has 2 aliphatic rings. The number of amides is 2. The Morgan fingerprint density at radius 3 is 2.67 bits per heavy atom. The number of fused-ring (bicyclic) bond motifs is 1. The largest absolute Gasteiger partial charge is 0.444 e. The molecule has 0 aliphatic carbocycles. The monoisotopic (exact) mass is 470 g/mol. The van der Waals surface area contributed by atoms with Crippen LogP contribution in [-0.2, 0) is 10.3 Å². The van der Waals surface area contributed by atoms with Crippen LogP contribution in [0.2, 0.25) is 5.02 Å². The minimum Gasteiger partial charge on any atom is -0.444 e. The van der Waals surface area contributed by atoms with Gasteiger partial charge in [-0.15, -0.1) is 0 Å². The highest BCUT2D eigenvalue weighted by Crippen LogP contribution is 2.43. The molecule has 0 spiro atoms. The molecule has 3 heterocycles. The summed E-state index contributed by atoms with van der Waals surface area (Å²) in [7, 11) is 2.00. The number of hydrogen-bond donors (Lipinski definition) is 0. The summed E-state index contributed by atoms with van der Waals surface area (Å²) in [6, 6.07) is 7.51. The topological polar surface area (TPSA) is 66.0 Å².